The monoisotopic (exact) mass is 454 g/mol. The zero-order valence-corrected chi connectivity index (χ0v) is 19.3. The normalized spacial score (nSPS) is 32.8. The molecule has 0 amide bonds. The number of aryl methyl sites for hydroxylation is 1. The summed E-state index contributed by atoms with van der Waals surface area (Å²) in [5.74, 6) is 1.15. The van der Waals surface area contributed by atoms with Crippen molar-refractivity contribution in [3.63, 3.8) is 0 Å². The summed E-state index contributed by atoms with van der Waals surface area (Å²) in [6, 6.07) is 12.0. The number of fused-ring (bicyclic) bond motifs is 5. The maximum absolute atomic E-state index is 12.8. The molecule has 0 saturated heterocycles. The average Bonchev–Trinajstić information content (AvgIpc) is 3.07. The van der Waals surface area contributed by atoms with Crippen molar-refractivity contribution in [1.82, 2.24) is 4.83 Å². The van der Waals surface area contributed by atoms with Crippen molar-refractivity contribution in [2.45, 2.75) is 62.9 Å². The maximum Gasteiger partial charge on any atom is 0.276 e. The minimum atomic E-state index is -3.80. The third-order valence-electron chi connectivity index (χ3n) is 8.20. The number of nitrogens with one attached hydrogen (secondary N) is 1. The molecule has 2 saturated carbocycles. The highest BCUT2D eigenvalue weighted by atomic mass is 32.2. The molecule has 3 aliphatic rings. The van der Waals surface area contributed by atoms with Crippen LogP contribution in [0.2, 0.25) is 0 Å². The largest absolute Gasteiger partial charge is 0.508 e. The Bertz CT molecular complexity index is 1170. The molecule has 6 nitrogen and oxygen atoms in total. The van der Waals surface area contributed by atoms with Gasteiger partial charge < -0.3 is 10.2 Å². The van der Waals surface area contributed by atoms with Crippen LogP contribution in [0, 0.1) is 24.2 Å². The van der Waals surface area contributed by atoms with Gasteiger partial charge in [0.25, 0.3) is 10.0 Å². The number of sulfonamides is 1. The Kier molecular flexibility index (Phi) is 5.09. The Morgan fingerprint density at radius 1 is 1.09 bits per heavy atom. The molecule has 3 unspecified atom stereocenters. The number of hydrogen-bond acceptors (Lipinski definition) is 5. The van der Waals surface area contributed by atoms with E-state index in [-0.39, 0.29) is 22.2 Å². The van der Waals surface area contributed by atoms with Gasteiger partial charge >= 0.3 is 0 Å². The quantitative estimate of drug-likeness (QED) is 0.609. The van der Waals surface area contributed by atoms with E-state index in [1.807, 2.05) is 13.0 Å². The van der Waals surface area contributed by atoms with E-state index < -0.39 is 10.0 Å². The van der Waals surface area contributed by atoms with Gasteiger partial charge in [-0.1, -0.05) is 30.7 Å². The second kappa shape index (κ2) is 7.59. The third kappa shape index (κ3) is 3.42. The molecule has 170 valence electrons. The molecule has 2 fully saturated rings. The summed E-state index contributed by atoms with van der Waals surface area (Å²) in [5, 5.41) is 25.2. The van der Waals surface area contributed by atoms with Gasteiger partial charge in [-0.2, -0.15) is 18.4 Å². The van der Waals surface area contributed by atoms with Gasteiger partial charge in [0.15, 0.2) is 0 Å². The molecule has 0 aliphatic heterocycles. The summed E-state index contributed by atoms with van der Waals surface area (Å²) in [5.41, 5.74) is 3.48. The molecular weight excluding hydrogens is 424 g/mol. The third-order valence-corrected chi connectivity index (χ3v) is 9.42. The summed E-state index contributed by atoms with van der Waals surface area (Å²) in [6.45, 7) is 4.11. The lowest BCUT2D eigenvalue weighted by atomic mass is 9.55. The summed E-state index contributed by atoms with van der Waals surface area (Å²) >= 11 is 0. The number of hydrazone groups is 1. The number of nitrogens with zero attached hydrogens (tertiary/aromatic N) is 1. The zero-order chi connectivity index (χ0) is 22.7. The predicted molar refractivity (Wildman–Crippen MR) is 123 cm³/mol. The van der Waals surface area contributed by atoms with Crippen molar-refractivity contribution < 1.29 is 18.6 Å². The van der Waals surface area contributed by atoms with Gasteiger partial charge in [0.05, 0.1) is 16.7 Å². The molecule has 5 atom stereocenters. The van der Waals surface area contributed by atoms with E-state index in [0.29, 0.717) is 29.9 Å². The predicted octanol–water partition coefficient (Wildman–Crippen LogP) is 4.06. The van der Waals surface area contributed by atoms with Crippen LogP contribution in [0.25, 0.3) is 0 Å². The van der Waals surface area contributed by atoms with Crippen LogP contribution in [0.3, 0.4) is 0 Å². The lowest BCUT2D eigenvalue weighted by Gasteiger charge is -2.50. The Labute approximate surface area is 189 Å². The lowest BCUT2D eigenvalue weighted by molar-refractivity contribution is -0.0176. The van der Waals surface area contributed by atoms with Crippen LogP contribution in [-0.2, 0) is 10.0 Å². The molecule has 0 bridgehead atoms. The molecule has 0 radical (unpaired) electrons. The first-order chi connectivity index (χ1) is 15.2. The highest BCUT2D eigenvalue weighted by molar-refractivity contribution is 7.89. The first kappa shape index (κ1) is 21.5. The molecule has 3 aliphatic carbocycles. The number of rotatable bonds is 3. The van der Waals surface area contributed by atoms with Crippen LogP contribution in [-0.4, -0.2) is 30.4 Å². The van der Waals surface area contributed by atoms with Crippen molar-refractivity contribution in [1.29, 1.82) is 0 Å². The Balaban J connectivity index is 1.52. The highest BCUT2D eigenvalue weighted by Gasteiger charge is 2.55. The van der Waals surface area contributed by atoms with Gasteiger partial charge in [-0.25, -0.2) is 0 Å². The molecular formula is C25H30N2O4S. The number of aliphatic hydroxyl groups is 1. The van der Waals surface area contributed by atoms with E-state index >= 15 is 0 Å². The SMILES string of the molecule is Cc1ccc(S(=O)(=O)N/N=C2\CC3C(CC[C@@]4(C)C3CC[C@@H]4O)c3ccc(O)cc32)cc1. The number of aromatic hydroxyl groups is 1. The summed E-state index contributed by atoms with van der Waals surface area (Å²) in [7, 11) is -3.80. The lowest BCUT2D eigenvalue weighted by Crippen LogP contribution is -2.45. The minimum absolute atomic E-state index is 0.0951. The van der Waals surface area contributed by atoms with Crippen LogP contribution < -0.4 is 4.83 Å². The van der Waals surface area contributed by atoms with E-state index in [1.165, 1.54) is 0 Å². The fourth-order valence-corrected chi connectivity index (χ4v) is 7.20. The van der Waals surface area contributed by atoms with E-state index in [4.69, 9.17) is 0 Å². The molecule has 0 spiro atoms. The molecule has 0 aromatic heterocycles. The molecule has 2 aromatic rings. The van der Waals surface area contributed by atoms with Crippen molar-refractivity contribution in [2.75, 3.05) is 0 Å². The van der Waals surface area contributed by atoms with Gasteiger partial charge in [0, 0.05) is 5.56 Å². The van der Waals surface area contributed by atoms with Gasteiger partial charge in [0.1, 0.15) is 5.75 Å². The zero-order valence-electron chi connectivity index (χ0n) is 18.5. The van der Waals surface area contributed by atoms with Crippen LogP contribution >= 0.6 is 0 Å². The second-order valence-corrected chi connectivity index (χ2v) is 11.6. The first-order valence-electron chi connectivity index (χ1n) is 11.4. The highest BCUT2D eigenvalue weighted by Crippen LogP contribution is 2.61. The fourth-order valence-electron chi connectivity index (χ4n) is 6.37. The smallest absolute Gasteiger partial charge is 0.276 e. The Morgan fingerprint density at radius 3 is 2.59 bits per heavy atom. The molecule has 2 aromatic carbocycles. The van der Waals surface area contributed by atoms with Gasteiger partial charge in [0.2, 0.25) is 0 Å². The molecule has 0 heterocycles. The van der Waals surface area contributed by atoms with Crippen molar-refractivity contribution in [3.05, 3.63) is 59.2 Å². The van der Waals surface area contributed by atoms with E-state index in [9.17, 15) is 18.6 Å². The molecule has 7 heteroatoms. The van der Waals surface area contributed by atoms with Crippen LogP contribution in [0.4, 0.5) is 0 Å². The molecule has 3 N–H and O–H groups in total. The van der Waals surface area contributed by atoms with E-state index in [2.05, 4.69) is 16.9 Å². The van der Waals surface area contributed by atoms with Crippen LogP contribution in [0.1, 0.15) is 61.6 Å². The second-order valence-electron chi connectivity index (χ2n) is 9.96. The van der Waals surface area contributed by atoms with Gasteiger partial charge in [-0.15, -0.1) is 0 Å². The molecule has 32 heavy (non-hydrogen) atoms. The first-order valence-corrected chi connectivity index (χ1v) is 12.8. The van der Waals surface area contributed by atoms with E-state index in [0.717, 1.165) is 42.4 Å². The number of phenols is 1. The average molecular weight is 455 g/mol. The summed E-state index contributed by atoms with van der Waals surface area (Å²) < 4.78 is 25.6. The number of benzene rings is 2. The van der Waals surface area contributed by atoms with E-state index in [1.54, 1.807) is 36.4 Å². The Hall–Kier alpha value is -2.38. The topological polar surface area (TPSA) is 99.0 Å². The Morgan fingerprint density at radius 2 is 1.84 bits per heavy atom. The van der Waals surface area contributed by atoms with Crippen molar-refractivity contribution >= 4 is 15.7 Å². The number of phenolic OH excluding ortho intramolecular Hbond substituents is 1. The van der Waals surface area contributed by atoms with Gasteiger partial charge in [-0.3, -0.25) is 0 Å². The fraction of sp³-hybridized carbons (Fsp3) is 0.480. The maximum atomic E-state index is 12.8. The van der Waals surface area contributed by atoms with Gasteiger partial charge in [-0.05, 0) is 92.0 Å². The van der Waals surface area contributed by atoms with Crippen molar-refractivity contribution in [2.24, 2.45) is 22.4 Å². The number of hydrogen-bond donors (Lipinski definition) is 3. The summed E-state index contributed by atoms with van der Waals surface area (Å²) in [4.78, 5) is 2.60. The molecule has 5 rings (SSSR count). The van der Waals surface area contributed by atoms with Crippen LogP contribution in [0.5, 0.6) is 5.75 Å². The van der Waals surface area contributed by atoms with Crippen molar-refractivity contribution in [3.8, 4) is 5.75 Å². The standard InChI is InChI=1S/C25H30N2O4S/c1-15-3-6-17(7-4-15)32(30,31)27-26-23-14-20-19(18-8-5-16(28)13-21(18)23)11-12-25(2)22(20)9-10-24(25)29/h3-8,13,19-20,22,24,27-29H,9-12,14H2,1-2H3/b26-23+/t19?,20?,22?,24-,25-/m0/s1. The minimum Gasteiger partial charge on any atom is -0.508 e. The van der Waals surface area contributed by atoms with Crippen LogP contribution in [0.15, 0.2) is 52.5 Å². The summed E-state index contributed by atoms with van der Waals surface area (Å²) in [6.07, 6.45) is 4.11. The number of aliphatic hydroxyl groups excluding tert-OH is 1.